The van der Waals surface area contributed by atoms with Crippen LogP contribution in [0.5, 0.6) is 5.75 Å². The van der Waals surface area contributed by atoms with Crippen molar-refractivity contribution in [3.8, 4) is 5.75 Å². The van der Waals surface area contributed by atoms with Crippen molar-refractivity contribution >= 4 is 40.9 Å². The maximum Gasteiger partial charge on any atom is 0.265 e. The summed E-state index contributed by atoms with van der Waals surface area (Å²) in [7, 11) is 1.46. The highest BCUT2D eigenvalue weighted by atomic mass is 35.5. The Labute approximate surface area is 185 Å². The number of anilines is 1. The van der Waals surface area contributed by atoms with Crippen LogP contribution in [0.3, 0.4) is 0 Å². The number of nitrogens with one attached hydrogen (secondary N) is 2. The van der Waals surface area contributed by atoms with E-state index in [4.69, 9.17) is 21.1 Å². The summed E-state index contributed by atoms with van der Waals surface area (Å²) in [5.74, 6) is 0.966. The van der Waals surface area contributed by atoms with E-state index in [1.807, 2.05) is 37.3 Å². The predicted molar refractivity (Wildman–Crippen MR) is 120 cm³/mol. The van der Waals surface area contributed by atoms with Gasteiger partial charge < -0.3 is 20.1 Å². The fourth-order valence-electron chi connectivity index (χ4n) is 3.01. The van der Waals surface area contributed by atoms with Crippen LogP contribution in [0.1, 0.15) is 35.8 Å². The molecule has 0 spiro atoms. The Morgan fingerprint density at radius 2 is 1.93 bits per heavy atom. The number of benzene rings is 2. The quantitative estimate of drug-likeness (QED) is 0.668. The number of rotatable bonds is 6. The summed E-state index contributed by atoms with van der Waals surface area (Å²) in [5, 5.41) is 5.95. The van der Waals surface area contributed by atoms with Crippen LogP contribution in [-0.2, 0) is 9.53 Å². The molecule has 3 rings (SSSR count). The van der Waals surface area contributed by atoms with Crippen molar-refractivity contribution in [2.24, 2.45) is 0 Å². The zero-order valence-electron chi connectivity index (χ0n) is 17.0. The number of hydrogen-bond donors (Lipinski definition) is 2. The Morgan fingerprint density at radius 3 is 2.60 bits per heavy atom. The standard InChI is InChI=1S/C22H23ClN2O4S/c1-13(15-7-5-4-6-8-15)24-21(26)16-11-17(23)18(12-19(16)28-3)25-22(27)20-14(2)29-9-10-30-20/h4-8,11-13H,9-10H2,1-3H3,(H,24,26)(H,25,27). The Hall–Kier alpha value is -2.64. The van der Waals surface area contributed by atoms with Crippen molar-refractivity contribution < 1.29 is 19.1 Å². The van der Waals surface area contributed by atoms with Crippen LogP contribution in [0.4, 0.5) is 5.69 Å². The summed E-state index contributed by atoms with van der Waals surface area (Å²) in [4.78, 5) is 25.9. The van der Waals surface area contributed by atoms with E-state index in [0.717, 1.165) is 5.56 Å². The van der Waals surface area contributed by atoms with E-state index < -0.39 is 0 Å². The summed E-state index contributed by atoms with van der Waals surface area (Å²) < 4.78 is 10.8. The van der Waals surface area contributed by atoms with Gasteiger partial charge in [-0.1, -0.05) is 41.9 Å². The van der Waals surface area contributed by atoms with E-state index in [1.54, 1.807) is 13.0 Å². The molecular formula is C22H23ClN2O4S. The molecule has 0 saturated heterocycles. The third-order valence-corrected chi connectivity index (χ3v) is 6.05. The maximum absolute atomic E-state index is 12.8. The number of carbonyl (C=O) groups excluding carboxylic acids is 2. The number of carbonyl (C=O) groups is 2. The molecule has 0 aliphatic carbocycles. The molecule has 1 atom stereocenters. The molecule has 2 aromatic rings. The smallest absolute Gasteiger partial charge is 0.265 e. The van der Waals surface area contributed by atoms with Crippen molar-refractivity contribution in [1.29, 1.82) is 0 Å². The molecule has 0 aromatic heterocycles. The van der Waals surface area contributed by atoms with Gasteiger partial charge in [0.05, 0.1) is 36.0 Å². The van der Waals surface area contributed by atoms with Crippen LogP contribution in [0, 0.1) is 0 Å². The molecule has 30 heavy (non-hydrogen) atoms. The number of methoxy groups -OCH3 is 1. The second-order valence-corrected chi connectivity index (χ2v) is 8.19. The average molecular weight is 447 g/mol. The Morgan fingerprint density at radius 1 is 1.20 bits per heavy atom. The topological polar surface area (TPSA) is 76.7 Å². The number of allylic oxidation sites excluding steroid dienone is 1. The van der Waals surface area contributed by atoms with Crippen molar-refractivity contribution in [3.05, 3.63) is 69.3 Å². The highest BCUT2D eigenvalue weighted by Crippen LogP contribution is 2.33. The minimum absolute atomic E-state index is 0.195. The normalized spacial score (nSPS) is 14.5. The van der Waals surface area contributed by atoms with Gasteiger partial charge in [-0.05, 0) is 25.5 Å². The molecule has 158 valence electrons. The molecule has 2 amide bonds. The van der Waals surface area contributed by atoms with Crippen LogP contribution < -0.4 is 15.4 Å². The summed E-state index contributed by atoms with van der Waals surface area (Å²) >= 11 is 7.80. The molecule has 1 heterocycles. The lowest BCUT2D eigenvalue weighted by molar-refractivity contribution is -0.112. The van der Waals surface area contributed by atoms with E-state index in [0.29, 0.717) is 34.5 Å². The van der Waals surface area contributed by atoms with Crippen molar-refractivity contribution in [2.45, 2.75) is 19.9 Å². The minimum atomic E-state index is -0.322. The van der Waals surface area contributed by atoms with Crippen LogP contribution in [0.15, 0.2) is 53.1 Å². The summed E-state index contributed by atoms with van der Waals surface area (Å²) in [6.07, 6.45) is 0. The lowest BCUT2D eigenvalue weighted by Gasteiger charge is -2.19. The van der Waals surface area contributed by atoms with Gasteiger partial charge in [-0.3, -0.25) is 9.59 Å². The zero-order valence-corrected chi connectivity index (χ0v) is 18.5. The summed E-state index contributed by atoms with van der Waals surface area (Å²) in [5.41, 5.74) is 1.63. The van der Waals surface area contributed by atoms with Crippen molar-refractivity contribution in [3.63, 3.8) is 0 Å². The monoisotopic (exact) mass is 446 g/mol. The number of halogens is 1. The highest BCUT2D eigenvalue weighted by molar-refractivity contribution is 8.04. The highest BCUT2D eigenvalue weighted by Gasteiger charge is 2.22. The predicted octanol–water partition coefficient (Wildman–Crippen LogP) is 4.77. The van der Waals surface area contributed by atoms with Crippen molar-refractivity contribution in [2.75, 3.05) is 24.8 Å². The molecule has 1 aliphatic rings. The minimum Gasteiger partial charge on any atom is -0.496 e. The maximum atomic E-state index is 12.8. The second kappa shape index (κ2) is 9.91. The molecule has 0 radical (unpaired) electrons. The fourth-order valence-corrected chi connectivity index (χ4v) is 4.03. The van der Waals surface area contributed by atoms with Crippen LogP contribution >= 0.6 is 23.4 Å². The largest absolute Gasteiger partial charge is 0.496 e. The van der Waals surface area contributed by atoms with E-state index in [9.17, 15) is 9.59 Å². The molecule has 6 nitrogen and oxygen atoms in total. The van der Waals surface area contributed by atoms with Gasteiger partial charge in [0.2, 0.25) is 0 Å². The van der Waals surface area contributed by atoms with Gasteiger partial charge in [-0.15, -0.1) is 11.8 Å². The first-order valence-electron chi connectivity index (χ1n) is 9.42. The number of ether oxygens (including phenoxy) is 2. The first-order valence-corrected chi connectivity index (χ1v) is 10.8. The molecule has 1 unspecified atom stereocenters. The van der Waals surface area contributed by atoms with Gasteiger partial charge >= 0.3 is 0 Å². The summed E-state index contributed by atoms with van der Waals surface area (Å²) in [6.45, 7) is 4.23. The SMILES string of the molecule is COc1cc(NC(=O)C2=C(C)OCCS2)c(Cl)cc1C(=O)NC(C)c1ccccc1. The van der Waals surface area contributed by atoms with E-state index >= 15 is 0 Å². The van der Waals surface area contributed by atoms with Gasteiger partial charge in [-0.25, -0.2) is 0 Å². The number of hydrogen-bond acceptors (Lipinski definition) is 5. The van der Waals surface area contributed by atoms with Gasteiger partial charge in [-0.2, -0.15) is 0 Å². The second-order valence-electron chi connectivity index (χ2n) is 6.67. The van der Waals surface area contributed by atoms with Gasteiger partial charge in [0.25, 0.3) is 11.8 Å². The third kappa shape index (κ3) is 5.09. The molecule has 0 bridgehead atoms. The first kappa shape index (κ1) is 22.1. The van der Waals surface area contributed by atoms with E-state index in [1.165, 1.54) is 24.9 Å². The molecule has 8 heteroatoms. The van der Waals surface area contributed by atoms with Crippen LogP contribution in [-0.4, -0.2) is 31.3 Å². The number of amides is 2. The van der Waals surface area contributed by atoms with E-state index in [-0.39, 0.29) is 28.4 Å². The molecule has 1 aliphatic heterocycles. The fraction of sp³-hybridized carbons (Fsp3) is 0.273. The lowest BCUT2D eigenvalue weighted by Crippen LogP contribution is -2.27. The number of thioether (sulfide) groups is 1. The van der Waals surface area contributed by atoms with Gasteiger partial charge in [0.1, 0.15) is 16.4 Å². The Balaban J connectivity index is 1.80. The molecule has 2 N–H and O–H groups in total. The molecule has 0 saturated carbocycles. The summed E-state index contributed by atoms with van der Waals surface area (Å²) in [6, 6.07) is 12.5. The average Bonchev–Trinajstić information content (AvgIpc) is 2.75. The van der Waals surface area contributed by atoms with Crippen LogP contribution in [0.25, 0.3) is 0 Å². The Bertz CT molecular complexity index is 979. The van der Waals surface area contributed by atoms with Crippen LogP contribution in [0.2, 0.25) is 5.02 Å². The molecule has 2 aromatic carbocycles. The molecule has 0 fully saturated rings. The third-order valence-electron chi connectivity index (χ3n) is 4.60. The van der Waals surface area contributed by atoms with Crippen molar-refractivity contribution in [1.82, 2.24) is 5.32 Å². The van der Waals surface area contributed by atoms with Gasteiger partial charge in [0.15, 0.2) is 0 Å². The lowest BCUT2D eigenvalue weighted by atomic mass is 10.1. The van der Waals surface area contributed by atoms with Gasteiger partial charge in [0, 0.05) is 11.8 Å². The van der Waals surface area contributed by atoms with E-state index in [2.05, 4.69) is 10.6 Å². The Kier molecular flexibility index (Phi) is 7.29. The zero-order chi connectivity index (χ0) is 21.7. The molecular weight excluding hydrogens is 424 g/mol. The first-order chi connectivity index (χ1) is 14.4.